The van der Waals surface area contributed by atoms with Gasteiger partial charge in [-0.15, -0.1) is 0 Å². The summed E-state index contributed by atoms with van der Waals surface area (Å²) in [5, 5.41) is 5.77. The Morgan fingerprint density at radius 3 is 2.04 bits per heavy atom. The Morgan fingerprint density at radius 1 is 0.923 bits per heavy atom. The van der Waals surface area contributed by atoms with Gasteiger partial charge in [-0.1, -0.05) is 19.8 Å². The normalized spacial score (nSPS) is 24.1. The van der Waals surface area contributed by atoms with Crippen LogP contribution in [0.5, 0.6) is 0 Å². The zero-order valence-corrected chi connectivity index (χ0v) is 16.8. The van der Waals surface area contributed by atoms with E-state index in [9.17, 15) is 9.59 Å². The highest BCUT2D eigenvalue weighted by Gasteiger charge is 2.37. The van der Waals surface area contributed by atoms with E-state index in [4.69, 9.17) is 0 Å². The lowest BCUT2D eigenvalue weighted by atomic mass is 10.0. The third-order valence-corrected chi connectivity index (χ3v) is 5.91. The SMILES string of the molecule is CCCCCNC(=O)CCN1CCCC1C1CCCN1CCC(=O)NC. The quantitative estimate of drug-likeness (QED) is 0.547. The lowest BCUT2D eigenvalue weighted by Gasteiger charge is -2.35. The highest BCUT2D eigenvalue weighted by Crippen LogP contribution is 2.30. The molecule has 2 amide bonds. The Hall–Kier alpha value is -1.14. The molecule has 150 valence electrons. The second-order valence-electron chi connectivity index (χ2n) is 7.72. The van der Waals surface area contributed by atoms with Crippen molar-refractivity contribution in [3.63, 3.8) is 0 Å². The minimum Gasteiger partial charge on any atom is -0.359 e. The summed E-state index contributed by atoms with van der Waals surface area (Å²) < 4.78 is 0. The first-order chi connectivity index (χ1) is 12.7. The lowest BCUT2D eigenvalue weighted by Crippen LogP contribution is -2.47. The molecule has 2 rings (SSSR count). The molecule has 2 fully saturated rings. The maximum absolute atomic E-state index is 12.1. The number of nitrogens with one attached hydrogen (secondary N) is 2. The van der Waals surface area contributed by atoms with Crippen molar-refractivity contribution in [1.29, 1.82) is 0 Å². The van der Waals surface area contributed by atoms with Gasteiger partial charge in [-0.25, -0.2) is 0 Å². The summed E-state index contributed by atoms with van der Waals surface area (Å²) in [7, 11) is 1.70. The Bertz CT molecular complexity index is 444. The van der Waals surface area contributed by atoms with Crippen LogP contribution in [0.25, 0.3) is 0 Å². The molecule has 2 atom stereocenters. The number of nitrogens with zero attached hydrogens (tertiary/aromatic N) is 2. The molecule has 0 aromatic heterocycles. The minimum absolute atomic E-state index is 0.124. The molecule has 0 aliphatic carbocycles. The molecule has 2 N–H and O–H groups in total. The zero-order chi connectivity index (χ0) is 18.8. The Kier molecular flexibility index (Phi) is 9.40. The number of rotatable bonds is 11. The van der Waals surface area contributed by atoms with Crippen molar-refractivity contribution in [3.05, 3.63) is 0 Å². The Morgan fingerprint density at radius 2 is 1.50 bits per heavy atom. The molecular formula is C20H38N4O2. The van der Waals surface area contributed by atoms with Crippen LogP contribution in [-0.2, 0) is 9.59 Å². The zero-order valence-electron chi connectivity index (χ0n) is 16.8. The van der Waals surface area contributed by atoms with Gasteiger partial charge in [0.25, 0.3) is 0 Å². The summed E-state index contributed by atoms with van der Waals surface area (Å²) >= 11 is 0. The van der Waals surface area contributed by atoms with Gasteiger partial charge in [-0.3, -0.25) is 19.4 Å². The van der Waals surface area contributed by atoms with Gasteiger partial charge >= 0.3 is 0 Å². The summed E-state index contributed by atoms with van der Waals surface area (Å²) in [5.74, 6) is 0.313. The van der Waals surface area contributed by atoms with Gasteiger partial charge in [-0.05, 0) is 45.2 Å². The molecule has 2 unspecified atom stereocenters. The molecular weight excluding hydrogens is 328 g/mol. The number of amides is 2. The summed E-state index contributed by atoms with van der Waals surface area (Å²) in [5.41, 5.74) is 0. The number of hydrogen-bond donors (Lipinski definition) is 2. The summed E-state index contributed by atoms with van der Waals surface area (Å²) in [4.78, 5) is 28.7. The van der Waals surface area contributed by atoms with Crippen LogP contribution in [0.4, 0.5) is 0 Å². The maximum Gasteiger partial charge on any atom is 0.221 e. The van der Waals surface area contributed by atoms with Crippen LogP contribution in [0.3, 0.4) is 0 Å². The van der Waals surface area contributed by atoms with Crippen molar-refractivity contribution in [2.24, 2.45) is 0 Å². The van der Waals surface area contributed by atoms with E-state index in [1.165, 1.54) is 38.5 Å². The standard InChI is InChI=1S/C20H38N4O2/c1-3-4-5-12-22-20(26)11-16-24-14-7-9-18(24)17-8-6-13-23(17)15-10-19(25)21-2/h17-18H,3-16H2,1-2H3,(H,21,25)(H,22,26). The largest absolute Gasteiger partial charge is 0.359 e. The molecule has 0 bridgehead atoms. The van der Waals surface area contributed by atoms with Gasteiger partial charge in [0.05, 0.1) is 0 Å². The first-order valence-corrected chi connectivity index (χ1v) is 10.6. The fourth-order valence-electron chi connectivity index (χ4n) is 4.44. The van der Waals surface area contributed by atoms with Crippen LogP contribution >= 0.6 is 0 Å². The van der Waals surface area contributed by atoms with E-state index in [2.05, 4.69) is 27.4 Å². The van der Waals surface area contributed by atoms with Crippen LogP contribution < -0.4 is 10.6 Å². The number of carbonyl (C=O) groups is 2. The highest BCUT2D eigenvalue weighted by molar-refractivity contribution is 5.76. The molecule has 0 saturated carbocycles. The molecule has 26 heavy (non-hydrogen) atoms. The van der Waals surface area contributed by atoms with Crippen LogP contribution in [0.1, 0.15) is 64.7 Å². The second kappa shape index (κ2) is 11.5. The van der Waals surface area contributed by atoms with E-state index in [0.717, 1.165) is 39.1 Å². The third kappa shape index (κ3) is 6.54. The number of carbonyl (C=O) groups excluding carboxylic acids is 2. The molecule has 2 aliphatic rings. The van der Waals surface area contributed by atoms with E-state index < -0.39 is 0 Å². The van der Waals surface area contributed by atoms with Gasteiger partial charge in [-0.2, -0.15) is 0 Å². The third-order valence-electron chi connectivity index (χ3n) is 5.91. The van der Waals surface area contributed by atoms with Gasteiger partial charge in [0, 0.05) is 51.6 Å². The predicted octanol–water partition coefficient (Wildman–Crippen LogP) is 1.75. The average Bonchev–Trinajstić information content (AvgIpc) is 3.29. The molecule has 6 heteroatoms. The first-order valence-electron chi connectivity index (χ1n) is 10.6. The topological polar surface area (TPSA) is 64.7 Å². The fraction of sp³-hybridized carbons (Fsp3) is 0.900. The molecule has 2 saturated heterocycles. The predicted molar refractivity (Wildman–Crippen MR) is 105 cm³/mol. The molecule has 2 aliphatic heterocycles. The molecule has 6 nitrogen and oxygen atoms in total. The van der Waals surface area contributed by atoms with Crippen molar-refractivity contribution in [2.75, 3.05) is 39.8 Å². The van der Waals surface area contributed by atoms with E-state index in [0.29, 0.717) is 24.9 Å². The van der Waals surface area contributed by atoms with Gasteiger partial charge < -0.3 is 10.6 Å². The highest BCUT2D eigenvalue weighted by atomic mass is 16.2. The molecule has 2 heterocycles. The maximum atomic E-state index is 12.1. The number of hydrogen-bond acceptors (Lipinski definition) is 4. The van der Waals surface area contributed by atoms with Gasteiger partial charge in [0.1, 0.15) is 0 Å². The van der Waals surface area contributed by atoms with E-state index in [1.807, 2.05) is 0 Å². The van der Waals surface area contributed by atoms with Crippen LogP contribution in [0.2, 0.25) is 0 Å². The molecule has 0 spiro atoms. The number of likely N-dealkylation sites (tertiary alicyclic amines) is 2. The van der Waals surface area contributed by atoms with Crippen molar-refractivity contribution >= 4 is 11.8 Å². The summed E-state index contributed by atoms with van der Waals surface area (Å²) in [6.07, 6.45) is 9.52. The summed E-state index contributed by atoms with van der Waals surface area (Å²) in [6.45, 7) is 6.91. The van der Waals surface area contributed by atoms with Crippen molar-refractivity contribution < 1.29 is 9.59 Å². The van der Waals surface area contributed by atoms with Crippen LogP contribution in [0.15, 0.2) is 0 Å². The molecule has 0 radical (unpaired) electrons. The van der Waals surface area contributed by atoms with E-state index in [-0.39, 0.29) is 11.8 Å². The first kappa shape index (κ1) is 21.2. The van der Waals surface area contributed by atoms with Crippen LogP contribution in [-0.4, -0.2) is 73.5 Å². The van der Waals surface area contributed by atoms with Gasteiger partial charge in [0.15, 0.2) is 0 Å². The molecule has 0 aromatic carbocycles. The average molecular weight is 367 g/mol. The van der Waals surface area contributed by atoms with Gasteiger partial charge in [0.2, 0.25) is 11.8 Å². The smallest absolute Gasteiger partial charge is 0.221 e. The second-order valence-corrected chi connectivity index (χ2v) is 7.72. The van der Waals surface area contributed by atoms with Crippen LogP contribution in [0, 0.1) is 0 Å². The Labute approximate surface area is 159 Å². The minimum atomic E-state index is 0.124. The van der Waals surface area contributed by atoms with Crippen molar-refractivity contribution in [3.8, 4) is 0 Å². The fourth-order valence-corrected chi connectivity index (χ4v) is 4.44. The Balaban J connectivity index is 1.75. The number of unbranched alkanes of at least 4 members (excludes halogenated alkanes) is 2. The van der Waals surface area contributed by atoms with Crippen molar-refractivity contribution in [2.45, 2.75) is 76.8 Å². The lowest BCUT2D eigenvalue weighted by molar-refractivity contribution is -0.122. The van der Waals surface area contributed by atoms with E-state index in [1.54, 1.807) is 7.05 Å². The molecule has 0 aromatic rings. The monoisotopic (exact) mass is 366 g/mol. The van der Waals surface area contributed by atoms with Crippen molar-refractivity contribution in [1.82, 2.24) is 20.4 Å². The van der Waals surface area contributed by atoms with E-state index >= 15 is 0 Å². The summed E-state index contributed by atoms with van der Waals surface area (Å²) in [6, 6.07) is 1.10.